The van der Waals surface area contributed by atoms with Crippen molar-refractivity contribution in [1.82, 2.24) is 25.3 Å². The number of nitrogens with zero attached hydrogens (tertiary/aromatic N) is 5. The van der Waals surface area contributed by atoms with Gasteiger partial charge in [0.05, 0.1) is 0 Å². The molecule has 0 spiro atoms. The van der Waals surface area contributed by atoms with Crippen LogP contribution in [-0.4, -0.2) is 42.9 Å². The van der Waals surface area contributed by atoms with Crippen LogP contribution in [0, 0.1) is 0 Å². The summed E-state index contributed by atoms with van der Waals surface area (Å²) in [6.07, 6.45) is 0.477. The third-order valence-corrected chi connectivity index (χ3v) is 3.37. The van der Waals surface area contributed by atoms with Crippen molar-refractivity contribution < 1.29 is 9.53 Å². The minimum atomic E-state index is -0.581. The molecule has 0 radical (unpaired) electrons. The highest BCUT2D eigenvalue weighted by molar-refractivity contribution is 5.79. The molecule has 2 heterocycles. The molecule has 1 N–H and O–H groups in total. The quantitative estimate of drug-likeness (QED) is 0.709. The van der Waals surface area contributed by atoms with Gasteiger partial charge in [0.15, 0.2) is 5.65 Å². The molecule has 0 saturated heterocycles. The summed E-state index contributed by atoms with van der Waals surface area (Å²) in [5, 5.41) is 18.5. The van der Waals surface area contributed by atoms with E-state index in [0.29, 0.717) is 17.9 Å². The number of benzene rings is 1. The van der Waals surface area contributed by atoms with E-state index in [-0.39, 0.29) is 5.97 Å². The summed E-state index contributed by atoms with van der Waals surface area (Å²) in [7, 11) is 0. The molecule has 0 amide bonds. The monoisotopic (exact) mass is 340 g/mol. The van der Waals surface area contributed by atoms with Crippen LogP contribution in [0.1, 0.15) is 26.3 Å². The summed E-state index contributed by atoms with van der Waals surface area (Å²) < 4.78 is 6.84. The van der Waals surface area contributed by atoms with Crippen LogP contribution in [0.2, 0.25) is 0 Å². The zero-order valence-corrected chi connectivity index (χ0v) is 14.4. The molecule has 130 valence electrons. The van der Waals surface area contributed by atoms with Gasteiger partial charge < -0.3 is 10.1 Å². The van der Waals surface area contributed by atoms with Gasteiger partial charge in [0.25, 0.3) is 0 Å². The van der Waals surface area contributed by atoms with Gasteiger partial charge in [-0.15, -0.1) is 14.8 Å². The third-order valence-electron chi connectivity index (χ3n) is 3.37. The van der Waals surface area contributed by atoms with Gasteiger partial charge in [-0.3, -0.25) is 0 Å². The van der Waals surface area contributed by atoms with E-state index in [1.165, 1.54) is 4.63 Å². The SMILES string of the molecule is CC(C)(C)OC(=O)[C@@H](Cc1ccccc1)Nc1ccc2nnnn2n1. The minimum absolute atomic E-state index is 0.338. The molecule has 1 aromatic carbocycles. The Labute approximate surface area is 145 Å². The van der Waals surface area contributed by atoms with Gasteiger partial charge >= 0.3 is 5.97 Å². The number of tetrazole rings is 1. The van der Waals surface area contributed by atoms with Crippen molar-refractivity contribution in [2.24, 2.45) is 0 Å². The van der Waals surface area contributed by atoms with Crippen LogP contribution < -0.4 is 5.32 Å². The van der Waals surface area contributed by atoms with Crippen LogP contribution in [-0.2, 0) is 16.0 Å². The number of anilines is 1. The lowest BCUT2D eigenvalue weighted by atomic mass is 10.1. The first-order valence-electron chi connectivity index (χ1n) is 7.99. The zero-order valence-electron chi connectivity index (χ0n) is 14.4. The molecule has 0 aliphatic rings. The number of carbonyl (C=O) groups is 1. The lowest BCUT2D eigenvalue weighted by Gasteiger charge is -2.25. The zero-order chi connectivity index (χ0) is 17.9. The molecule has 1 atom stereocenters. The summed E-state index contributed by atoms with van der Waals surface area (Å²) in [6.45, 7) is 5.53. The van der Waals surface area contributed by atoms with E-state index in [2.05, 4.69) is 25.9 Å². The molecule has 2 aromatic heterocycles. The maximum Gasteiger partial charge on any atom is 0.329 e. The van der Waals surface area contributed by atoms with Crippen LogP contribution >= 0.6 is 0 Å². The summed E-state index contributed by atoms with van der Waals surface area (Å²) in [5.74, 6) is 0.154. The first-order valence-corrected chi connectivity index (χ1v) is 7.99. The van der Waals surface area contributed by atoms with Crippen LogP contribution in [0.25, 0.3) is 5.65 Å². The van der Waals surface area contributed by atoms with Gasteiger partial charge in [-0.2, -0.15) is 0 Å². The Kier molecular flexibility index (Phi) is 4.60. The Morgan fingerprint density at radius 3 is 2.68 bits per heavy atom. The molecule has 25 heavy (non-hydrogen) atoms. The smallest absolute Gasteiger partial charge is 0.329 e. The van der Waals surface area contributed by atoms with Crippen molar-refractivity contribution in [3.05, 3.63) is 48.0 Å². The fourth-order valence-electron chi connectivity index (χ4n) is 2.32. The van der Waals surface area contributed by atoms with Crippen molar-refractivity contribution in [2.45, 2.75) is 38.8 Å². The fourth-order valence-corrected chi connectivity index (χ4v) is 2.32. The Balaban J connectivity index is 1.82. The van der Waals surface area contributed by atoms with Gasteiger partial charge in [-0.25, -0.2) is 4.79 Å². The van der Waals surface area contributed by atoms with E-state index in [4.69, 9.17) is 4.74 Å². The predicted molar refractivity (Wildman–Crippen MR) is 92.0 cm³/mol. The molecular formula is C17H20N6O2. The van der Waals surface area contributed by atoms with E-state index in [9.17, 15) is 4.79 Å². The number of carbonyl (C=O) groups excluding carboxylic acids is 1. The van der Waals surface area contributed by atoms with Crippen molar-refractivity contribution in [3.63, 3.8) is 0 Å². The van der Waals surface area contributed by atoms with Gasteiger partial charge in [0.2, 0.25) is 0 Å². The van der Waals surface area contributed by atoms with E-state index >= 15 is 0 Å². The van der Waals surface area contributed by atoms with Gasteiger partial charge in [-0.1, -0.05) is 30.3 Å². The normalized spacial score (nSPS) is 12.8. The van der Waals surface area contributed by atoms with E-state index in [1.54, 1.807) is 12.1 Å². The molecule has 8 heteroatoms. The Morgan fingerprint density at radius 1 is 1.20 bits per heavy atom. The second kappa shape index (κ2) is 6.84. The standard InChI is InChI=1S/C17H20N6O2/c1-17(2,3)25-16(24)13(11-12-7-5-4-6-8-12)18-14-9-10-15-19-21-22-23(15)20-14/h4-10,13H,11H2,1-3H3,(H,18,20)/t13-/m1/s1. The number of aromatic nitrogens is 5. The van der Waals surface area contributed by atoms with Crippen molar-refractivity contribution >= 4 is 17.4 Å². The molecule has 3 aromatic rings. The van der Waals surface area contributed by atoms with Crippen molar-refractivity contribution in [3.8, 4) is 0 Å². The minimum Gasteiger partial charge on any atom is -0.458 e. The highest BCUT2D eigenvalue weighted by Crippen LogP contribution is 2.15. The van der Waals surface area contributed by atoms with Crippen LogP contribution in [0.4, 0.5) is 5.82 Å². The average Bonchev–Trinajstić information content (AvgIpc) is 3.01. The maximum atomic E-state index is 12.6. The number of hydrogen-bond donors (Lipinski definition) is 1. The highest BCUT2D eigenvalue weighted by Gasteiger charge is 2.26. The van der Waals surface area contributed by atoms with Gasteiger partial charge in [0, 0.05) is 6.42 Å². The molecule has 3 rings (SSSR count). The highest BCUT2D eigenvalue weighted by atomic mass is 16.6. The second-order valence-corrected chi connectivity index (χ2v) is 6.67. The van der Waals surface area contributed by atoms with Gasteiger partial charge in [0.1, 0.15) is 17.5 Å². The molecule has 0 aliphatic heterocycles. The topological polar surface area (TPSA) is 94.3 Å². The van der Waals surface area contributed by atoms with E-state index in [1.807, 2.05) is 51.1 Å². The fraction of sp³-hybridized carbons (Fsp3) is 0.353. The lowest BCUT2D eigenvalue weighted by Crippen LogP contribution is -2.38. The third kappa shape index (κ3) is 4.50. The number of ether oxygens (including phenoxy) is 1. The molecule has 0 saturated carbocycles. The lowest BCUT2D eigenvalue weighted by molar-refractivity contribution is -0.155. The molecule has 0 unspecified atom stereocenters. The number of fused-ring (bicyclic) bond motifs is 1. The number of hydrogen-bond acceptors (Lipinski definition) is 7. The maximum absolute atomic E-state index is 12.6. The van der Waals surface area contributed by atoms with E-state index < -0.39 is 11.6 Å². The Hall–Kier alpha value is -3.03. The van der Waals surface area contributed by atoms with Crippen molar-refractivity contribution in [1.29, 1.82) is 0 Å². The first kappa shape index (κ1) is 16.8. The molecule has 0 fully saturated rings. The first-order chi connectivity index (χ1) is 11.9. The Bertz CT molecular complexity index is 856. The van der Waals surface area contributed by atoms with E-state index in [0.717, 1.165) is 5.56 Å². The molecule has 0 bridgehead atoms. The number of rotatable bonds is 5. The average molecular weight is 340 g/mol. The van der Waals surface area contributed by atoms with Crippen LogP contribution in [0.3, 0.4) is 0 Å². The molecule has 0 aliphatic carbocycles. The molecular weight excluding hydrogens is 320 g/mol. The largest absolute Gasteiger partial charge is 0.458 e. The number of esters is 1. The number of nitrogens with one attached hydrogen (secondary N) is 1. The summed E-state index contributed by atoms with van der Waals surface area (Å²) in [5.41, 5.74) is 0.984. The second-order valence-electron chi connectivity index (χ2n) is 6.67. The summed E-state index contributed by atoms with van der Waals surface area (Å²) in [6, 6.07) is 12.6. The van der Waals surface area contributed by atoms with Crippen LogP contribution in [0.15, 0.2) is 42.5 Å². The molecule has 8 nitrogen and oxygen atoms in total. The van der Waals surface area contributed by atoms with Crippen molar-refractivity contribution in [2.75, 3.05) is 5.32 Å². The Morgan fingerprint density at radius 2 is 1.96 bits per heavy atom. The summed E-state index contributed by atoms with van der Waals surface area (Å²) in [4.78, 5) is 12.6. The van der Waals surface area contributed by atoms with Crippen LogP contribution in [0.5, 0.6) is 0 Å². The summed E-state index contributed by atoms with van der Waals surface area (Å²) >= 11 is 0. The van der Waals surface area contributed by atoms with Gasteiger partial charge in [-0.05, 0) is 48.9 Å². The predicted octanol–water partition coefficient (Wildman–Crippen LogP) is 1.88.